The van der Waals surface area contributed by atoms with E-state index in [4.69, 9.17) is 24.7 Å². The van der Waals surface area contributed by atoms with Crippen molar-refractivity contribution in [3.8, 4) is 5.75 Å². The van der Waals surface area contributed by atoms with Crippen molar-refractivity contribution in [1.82, 2.24) is 20.5 Å². The van der Waals surface area contributed by atoms with Crippen LogP contribution in [0.5, 0.6) is 5.75 Å². The molecule has 1 heterocycles. The summed E-state index contributed by atoms with van der Waals surface area (Å²) in [5.41, 5.74) is 6.64. The van der Waals surface area contributed by atoms with Crippen molar-refractivity contribution < 1.29 is 47.7 Å². The predicted octanol–water partition coefficient (Wildman–Crippen LogP) is 5.61. The monoisotopic (exact) mass is 786 g/mol. The van der Waals surface area contributed by atoms with E-state index in [-0.39, 0.29) is 31.2 Å². The number of nitrogens with one attached hydrogen (secondary N) is 4. The second-order valence-electron chi connectivity index (χ2n) is 14.5. The first-order valence-corrected chi connectivity index (χ1v) is 18.3. The molecule has 0 radical (unpaired) electrons. The van der Waals surface area contributed by atoms with Gasteiger partial charge in [-0.1, -0.05) is 56.3 Å². The number of hydrogen-bond donors (Lipinski definition) is 5. The Hall–Kier alpha value is -6.58. The molecule has 0 saturated carbocycles. The Kier molecular flexibility index (Phi) is 15.0. The zero-order valence-electron chi connectivity index (χ0n) is 32.9. The minimum atomic E-state index is -1.06. The minimum absolute atomic E-state index is 0.0249. The van der Waals surface area contributed by atoms with E-state index in [0.29, 0.717) is 40.9 Å². The van der Waals surface area contributed by atoms with E-state index in [1.807, 2.05) is 30.3 Å². The summed E-state index contributed by atoms with van der Waals surface area (Å²) in [6.07, 6.45) is -1.18. The highest BCUT2D eigenvalue weighted by Gasteiger charge is 2.30. The van der Waals surface area contributed by atoms with Crippen molar-refractivity contribution in [2.75, 3.05) is 19.0 Å². The number of nitrogens with zero attached hydrogens (tertiary/aromatic N) is 1. The molecule has 4 rings (SSSR count). The number of amides is 5. The fourth-order valence-electron chi connectivity index (χ4n) is 5.60. The van der Waals surface area contributed by atoms with Gasteiger partial charge in [0.1, 0.15) is 42.3 Å². The van der Waals surface area contributed by atoms with Gasteiger partial charge in [0.2, 0.25) is 11.8 Å². The number of carbonyl (C=O) groups excluding carboxylic acids is 6. The highest BCUT2D eigenvalue weighted by atomic mass is 16.6. The van der Waals surface area contributed by atoms with Crippen LogP contribution < -0.4 is 31.7 Å². The number of hydrogen-bond acceptors (Lipinski definition) is 10. The zero-order valence-corrected chi connectivity index (χ0v) is 32.9. The third kappa shape index (κ3) is 13.0. The lowest BCUT2D eigenvalue weighted by atomic mass is 10.0. The first kappa shape index (κ1) is 43.2. The number of benzene rings is 3. The SMILES string of the molecule is COC(=O)c1cc2ccc(OCc3ccccc3)cc2n1C(=O)OCc1ccc(NC(=O)C(CCCNC(N)=O)NC(=O)C(NC(=O)OC(C)(C)C)C(C)C)cc1. The summed E-state index contributed by atoms with van der Waals surface area (Å²) in [4.78, 5) is 76.7. The van der Waals surface area contributed by atoms with Crippen molar-refractivity contribution in [2.24, 2.45) is 11.7 Å². The highest BCUT2D eigenvalue weighted by Crippen LogP contribution is 2.27. The van der Waals surface area contributed by atoms with Gasteiger partial charge in [0, 0.05) is 23.7 Å². The first-order valence-electron chi connectivity index (χ1n) is 18.3. The second-order valence-corrected chi connectivity index (χ2v) is 14.5. The van der Waals surface area contributed by atoms with Gasteiger partial charge in [0.05, 0.1) is 12.6 Å². The lowest BCUT2D eigenvalue weighted by Crippen LogP contribution is -2.55. The number of alkyl carbamates (subject to hydrolysis) is 1. The van der Waals surface area contributed by atoms with E-state index >= 15 is 0 Å². The van der Waals surface area contributed by atoms with E-state index in [1.54, 1.807) is 77.1 Å². The predicted molar refractivity (Wildman–Crippen MR) is 211 cm³/mol. The topological polar surface area (TPSA) is 218 Å². The van der Waals surface area contributed by atoms with Crippen molar-refractivity contribution in [3.05, 3.63) is 95.7 Å². The zero-order chi connectivity index (χ0) is 41.7. The third-order valence-corrected chi connectivity index (χ3v) is 8.41. The molecule has 2 unspecified atom stereocenters. The second kappa shape index (κ2) is 19.8. The number of rotatable bonds is 16. The summed E-state index contributed by atoms with van der Waals surface area (Å²) >= 11 is 0. The summed E-state index contributed by atoms with van der Waals surface area (Å²) in [6, 6.07) is 19.9. The molecule has 0 bridgehead atoms. The molecule has 5 amide bonds. The number of fused-ring (bicyclic) bond motifs is 1. The van der Waals surface area contributed by atoms with Gasteiger partial charge in [-0.15, -0.1) is 0 Å². The molecule has 6 N–H and O–H groups in total. The van der Waals surface area contributed by atoms with Gasteiger partial charge in [-0.25, -0.2) is 23.7 Å². The number of aromatic nitrogens is 1. The smallest absolute Gasteiger partial charge is 0.419 e. The Morgan fingerprint density at radius 1 is 0.825 bits per heavy atom. The lowest BCUT2D eigenvalue weighted by Gasteiger charge is -2.27. The molecule has 4 aromatic rings. The Morgan fingerprint density at radius 3 is 2.14 bits per heavy atom. The fourth-order valence-corrected chi connectivity index (χ4v) is 5.60. The molecule has 0 aliphatic rings. The van der Waals surface area contributed by atoms with Crippen LogP contribution >= 0.6 is 0 Å². The number of anilines is 1. The molecule has 0 fully saturated rings. The number of ether oxygens (including phenoxy) is 4. The fraction of sp³-hybridized carbons (Fsp3) is 0.366. The van der Waals surface area contributed by atoms with Gasteiger partial charge in [-0.3, -0.25) is 9.59 Å². The van der Waals surface area contributed by atoms with Crippen LogP contribution in [0, 0.1) is 5.92 Å². The largest absolute Gasteiger partial charge is 0.489 e. The molecule has 57 heavy (non-hydrogen) atoms. The number of nitrogens with two attached hydrogens (primary N) is 1. The van der Waals surface area contributed by atoms with E-state index in [1.165, 1.54) is 13.2 Å². The number of urea groups is 1. The van der Waals surface area contributed by atoms with Gasteiger partial charge in [-0.2, -0.15) is 0 Å². The molecule has 3 aromatic carbocycles. The Balaban J connectivity index is 1.43. The summed E-state index contributed by atoms with van der Waals surface area (Å²) in [6.45, 7) is 8.86. The van der Waals surface area contributed by atoms with E-state index in [0.717, 1.165) is 10.1 Å². The lowest BCUT2D eigenvalue weighted by molar-refractivity contribution is -0.128. The van der Waals surface area contributed by atoms with Gasteiger partial charge in [-0.05, 0) is 81.0 Å². The number of methoxy groups -OCH3 is 1. The molecular formula is C41H50N6O10. The summed E-state index contributed by atoms with van der Waals surface area (Å²) in [7, 11) is 1.22. The van der Waals surface area contributed by atoms with Crippen molar-refractivity contribution in [3.63, 3.8) is 0 Å². The van der Waals surface area contributed by atoms with Crippen molar-refractivity contribution in [1.29, 1.82) is 0 Å². The van der Waals surface area contributed by atoms with Crippen LogP contribution in [-0.4, -0.2) is 71.9 Å². The maximum absolute atomic E-state index is 13.5. The average molecular weight is 787 g/mol. The Bertz CT molecular complexity index is 2040. The normalized spacial score (nSPS) is 12.2. The Labute approximate surface area is 330 Å². The van der Waals surface area contributed by atoms with E-state index < -0.39 is 53.7 Å². The van der Waals surface area contributed by atoms with Gasteiger partial charge >= 0.3 is 24.2 Å². The van der Waals surface area contributed by atoms with Crippen molar-refractivity contribution in [2.45, 2.75) is 78.4 Å². The molecule has 2 atom stereocenters. The summed E-state index contributed by atoms with van der Waals surface area (Å²) < 4.78 is 22.9. The van der Waals surface area contributed by atoms with Crippen LogP contribution in [0.4, 0.5) is 20.1 Å². The summed E-state index contributed by atoms with van der Waals surface area (Å²) in [5.74, 6) is -1.75. The van der Waals surface area contributed by atoms with E-state index in [2.05, 4.69) is 21.3 Å². The van der Waals surface area contributed by atoms with Crippen molar-refractivity contribution >= 4 is 52.6 Å². The van der Waals surface area contributed by atoms with Gasteiger partial charge in [0.15, 0.2) is 0 Å². The van der Waals surface area contributed by atoms with Gasteiger partial charge < -0.3 is 45.9 Å². The summed E-state index contributed by atoms with van der Waals surface area (Å²) in [5, 5.41) is 11.1. The molecule has 16 heteroatoms. The number of carbonyl (C=O) groups is 6. The van der Waals surface area contributed by atoms with Crippen LogP contribution in [0.1, 0.15) is 69.1 Å². The van der Waals surface area contributed by atoms with Crippen LogP contribution in [0.3, 0.4) is 0 Å². The standard InChI is InChI=1S/C41H50N6O10/c1-25(2)34(46-39(52)57-41(3,4)5)36(49)45-31(13-10-20-43-38(42)51)35(48)44-29-17-14-27(15-18-29)24-56-40(53)47-32-22-30(55-23-26-11-8-7-9-12-26)19-16-28(32)21-33(47)37(50)54-6/h7-9,11-12,14-19,21-22,25,31,34H,10,13,20,23-24H2,1-6H3,(H,44,48)(H,45,49)(H,46,52)(H3,42,43,51). The molecule has 0 aliphatic heterocycles. The molecule has 0 saturated heterocycles. The Morgan fingerprint density at radius 2 is 1.51 bits per heavy atom. The van der Waals surface area contributed by atoms with E-state index in [9.17, 15) is 28.8 Å². The highest BCUT2D eigenvalue weighted by molar-refractivity contribution is 6.02. The maximum atomic E-state index is 13.5. The molecule has 0 spiro atoms. The van der Waals surface area contributed by atoms with Gasteiger partial charge in [0.25, 0.3) is 0 Å². The molecule has 1 aromatic heterocycles. The molecule has 0 aliphatic carbocycles. The third-order valence-electron chi connectivity index (χ3n) is 8.41. The van der Waals surface area contributed by atoms with Crippen LogP contribution in [0.15, 0.2) is 78.9 Å². The average Bonchev–Trinajstić information content (AvgIpc) is 3.55. The molecule has 16 nitrogen and oxygen atoms in total. The molecular weight excluding hydrogens is 736 g/mol. The quantitative estimate of drug-likeness (QED) is 0.0537. The van der Waals surface area contributed by atoms with Crippen LogP contribution in [-0.2, 0) is 37.0 Å². The maximum Gasteiger partial charge on any atom is 0.419 e. The molecule has 304 valence electrons. The number of primary amides is 1. The van der Waals surface area contributed by atoms with Crippen LogP contribution in [0.2, 0.25) is 0 Å². The first-order chi connectivity index (χ1) is 27.0. The minimum Gasteiger partial charge on any atom is -0.489 e. The number of esters is 1. The van der Waals surface area contributed by atoms with Crippen LogP contribution in [0.25, 0.3) is 10.9 Å².